The van der Waals surface area contributed by atoms with Crippen molar-refractivity contribution < 1.29 is 17.9 Å². The van der Waals surface area contributed by atoms with E-state index in [1.54, 1.807) is 17.0 Å². The van der Waals surface area contributed by atoms with Crippen molar-refractivity contribution in [1.82, 2.24) is 14.5 Å². The average molecular weight is 428 g/mol. The Balaban J connectivity index is 1.53. The fraction of sp³-hybridized carbons (Fsp3) is 0.632. The van der Waals surface area contributed by atoms with Gasteiger partial charge in [-0.25, -0.2) is 13.2 Å². The van der Waals surface area contributed by atoms with Crippen molar-refractivity contribution >= 4 is 27.7 Å². The number of carbonyl (C=O) groups excluding carboxylic acids is 1. The Hall–Kier alpha value is -1.35. The molecule has 0 radical (unpaired) electrons. The highest BCUT2D eigenvalue weighted by molar-refractivity contribution is 7.90. The number of carbonyl (C=O) groups is 1. The van der Waals surface area contributed by atoms with E-state index in [0.29, 0.717) is 37.0 Å². The summed E-state index contributed by atoms with van der Waals surface area (Å²) < 4.78 is 34.0. The SMILES string of the molecule is CC(C)CNC(=O)N1C[C@H]2C[C@H]3[C@](C1)(CN(Cc1cccc(Cl)c1)S3(=O)=O)O2. The number of hydrogen-bond acceptors (Lipinski definition) is 4. The molecular weight excluding hydrogens is 402 g/mol. The lowest BCUT2D eigenvalue weighted by atomic mass is 9.99. The Morgan fingerprint density at radius 3 is 2.89 bits per heavy atom. The lowest BCUT2D eigenvalue weighted by molar-refractivity contribution is -0.0958. The smallest absolute Gasteiger partial charge is 0.317 e. The fourth-order valence-corrected chi connectivity index (χ4v) is 6.99. The standard InChI is InChI=1S/C19H26ClN3O4S/c1-13(2)8-21-18(24)22-10-16-7-17-19(11-22,27-16)12-23(28(17,25)26)9-14-4-3-5-15(20)6-14/h3-6,13,16-17H,7-12H2,1-2H3,(H,21,24)/t16-,17+,19+/m1/s1. The van der Waals surface area contributed by atoms with Crippen LogP contribution < -0.4 is 5.32 Å². The second kappa shape index (κ2) is 7.16. The Kier molecular flexibility index (Phi) is 5.10. The van der Waals surface area contributed by atoms with Gasteiger partial charge in [0.25, 0.3) is 0 Å². The predicted octanol–water partition coefficient (Wildman–Crippen LogP) is 2.06. The largest absolute Gasteiger partial charge is 0.365 e. The molecular formula is C19H26ClN3O4S. The molecule has 3 aliphatic rings. The van der Waals surface area contributed by atoms with Crippen molar-refractivity contribution in [2.24, 2.45) is 5.92 Å². The molecule has 0 aromatic heterocycles. The third kappa shape index (κ3) is 3.51. The first-order valence-corrected chi connectivity index (χ1v) is 11.5. The van der Waals surface area contributed by atoms with Crippen LogP contribution >= 0.6 is 11.6 Å². The normalized spacial score (nSPS) is 31.2. The molecule has 7 nitrogen and oxygen atoms in total. The maximum absolute atomic E-state index is 13.2. The summed E-state index contributed by atoms with van der Waals surface area (Å²) in [5, 5.41) is 2.90. The van der Waals surface area contributed by atoms with Gasteiger partial charge < -0.3 is 15.0 Å². The topological polar surface area (TPSA) is 79.0 Å². The van der Waals surface area contributed by atoms with Crippen molar-refractivity contribution in [3.8, 4) is 0 Å². The van der Waals surface area contributed by atoms with E-state index in [4.69, 9.17) is 16.3 Å². The number of hydrogen-bond donors (Lipinski definition) is 1. The van der Waals surface area contributed by atoms with Gasteiger partial charge in [-0.15, -0.1) is 0 Å². The van der Waals surface area contributed by atoms with E-state index in [1.807, 2.05) is 26.0 Å². The summed E-state index contributed by atoms with van der Waals surface area (Å²) >= 11 is 6.04. The van der Waals surface area contributed by atoms with Crippen LogP contribution in [0.2, 0.25) is 5.02 Å². The quantitative estimate of drug-likeness (QED) is 0.797. The number of fused-ring (bicyclic) bond motifs is 1. The van der Waals surface area contributed by atoms with Gasteiger partial charge >= 0.3 is 6.03 Å². The molecule has 4 rings (SSSR count). The van der Waals surface area contributed by atoms with Crippen molar-refractivity contribution in [1.29, 1.82) is 0 Å². The number of urea groups is 1. The summed E-state index contributed by atoms with van der Waals surface area (Å²) in [7, 11) is -3.51. The van der Waals surface area contributed by atoms with Crippen molar-refractivity contribution in [3.63, 3.8) is 0 Å². The van der Waals surface area contributed by atoms with Crippen molar-refractivity contribution in [3.05, 3.63) is 34.9 Å². The summed E-state index contributed by atoms with van der Waals surface area (Å²) in [6.07, 6.45) is 0.203. The van der Waals surface area contributed by atoms with Gasteiger partial charge in [-0.2, -0.15) is 4.31 Å². The number of halogens is 1. The Morgan fingerprint density at radius 2 is 2.18 bits per heavy atom. The molecule has 1 spiro atoms. The van der Waals surface area contributed by atoms with E-state index in [1.165, 1.54) is 4.31 Å². The number of likely N-dealkylation sites (tertiary alicyclic amines) is 1. The van der Waals surface area contributed by atoms with Crippen LogP contribution in [0.15, 0.2) is 24.3 Å². The predicted molar refractivity (Wildman–Crippen MR) is 107 cm³/mol. The highest BCUT2D eigenvalue weighted by Crippen LogP contribution is 2.47. The zero-order valence-corrected chi connectivity index (χ0v) is 17.7. The molecule has 154 valence electrons. The minimum Gasteiger partial charge on any atom is -0.365 e. The number of ether oxygens (including phenoxy) is 1. The van der Waals surface area contributed by atoms with Crippen molar-refractivity contribution in [2.75, 3.05) is 26.2 Å². The molecule has 2 bridgehead atoms. The van der Waals surface area contributed by atoms with Gasteiger partial charge in [0.05, 0.1) is 12.6 Å². The van der Waals surface area contributed by atoms with Crippen LogP contribution in [0.25, 0.3) is 0 Å². The molecule has 1 aromatic rings. The summed E-state index contributed by atoms with van der Waals surface area (Å²) in [4.78, 5) is 14.3. The van der Waals surface area contributed by atoms with Crippen LogP contribution in [-0.2, 0) is 21.3 Å². The van der Waals surface area contributed by atoms with Crippen LogP contribution in [0.1, 0.15) is 25.8 Å². The molecule has 0 saturated carbocycles. The fourth-order valence-electron chi connectivity index (χ4n) is 4.49. The Bertz CT molecular complexity index is 878. The minimum absolute atomic E-state index is 0.146. The number of sulfonamides is 1. The van der Waals surface area contributed by atoms with E-state index in [9.17, 15) is 13.2 Å². The van der Waals surface area contributed by atoms with Gasteiger partial charge in [-0.1, -0.05) is 37.6 Å². The van der Waals surface area contributed by atoms with Crippen LogP contribution in [0.4, 0.5) is 4.79 Å². The molecule has 3 saturated heterocycles. The van der Waals surface area contributed by atoms with Gasteiger partial charge in [0.2, 0.25) is 10.0 Å². The first-order chi connectivity index (χ1) is 13.2. The molecule has 1 aromatic carbocycles. The van der Waals surface area contributed by atoms with Gasteiger partial charge in [-0.05, 0) is 30.0 Å². The van der Waals surface area contributed by atoms with Crippen LogP contribution in [0, 0.1) is 5.92 Å². The summed E-state index contributed by atoms with van der Waals surface area (Å²) in [5.74, 6) is 0.354. The maximum atomic E-state index is 13.2. The second-order valence-electron chi connectivity index (χ2n) is 8.43. The molecule has 3 aliphatic heterocycles. The van der Waals surface area contributed by atoms with Gasteiger partial charge in [0, 0.05) is 31.2 Å². The molecule has 0 unspecified atom stereocenters. The summed E-state index contributed by atoms with van der Waals surface area (Å²) in [5.41, 5.74) is -0.0125. The zero-order valence-electron chi connectivity index (χ0n) is 16.1. The van der Waals surface area contributed by atoms with Gasteiger partial charge in [0.1, 0.15) is 10.9 Å². The van der Waals surface area contributed by atoms with E-state index in [0.717, 1.165) is 5.56 Å². The highest BCUT2D eigenvalue weighted by atomic mass is 35.5. The molecule has 2 amide bonds. The number of nitrogens with one attached hydrogen (secondary N) is 1. The molecule has 0 aliphatic carbocycles. The lowest BCUT2D eigenvalue weighted by Gasteiger charge is -2.39. The van der Waals surface area contributed by atoms with E-state index >= 15 is 0 Å². The van der Waals surface area contributed by atoms with Crippen molar-refractivity contribution in [2.45, 2.75) is 43.8 Å². The van der Waals surface area contributed by atoms with Gasteiger partial charge in [-0.3, -0.25) is 0 Å². The maximum Gasteiger partial charge on any atom is 0.317 e. The van der Waals surface area contributed by atoms with E-state index < -0.39 is 20.9 Å². The minimum atomic E-state index is -3.51. The zero-order chi connectivity index (χ0) is 20.1. The number of benzene rings is 1. The second-order valence-corrected chi connectivity index (χ2v) is 11.0. The molecule has 28 heavy (non-hydrogen) atoms. The van der Waals surface area contributed by atoms with Crippen LogP contribution in [-0.4, -0.2) is 66.8 Å². The Labute approximate surface area is 171 Å². The average Bonchev–Trinajstić information content (AvgIpc) is 2.98. The monoisotopic (exact) mass is 427 g/mol. The number of morpholine rings is 1. The summed E-state index contributed by atoms with van der Waals surface area (Å²) in [6.45, 7) is 5.92. The van der Waals surface area contributed by atoms with E-state index in [-0.39, 0.29) is 25.2 Å². The van der Waals surface area contributed by atoms with Gasteiger partial charge in [0.15, 0.2) is 0 Å². The third-order valence-corrected chi connectivity index (χ3v) is 8.26. The molecule has 3 atom stereocenters. The number of rotatable bonds is 4. The molecule has 1 N–H and O–H groups in total. The lowest BCUT2D eigenvalue weighted by Crippen LogP contribution is -2.58. The highest BCUT2D eigenvalue weighted by Gasteiger charge is 2.65. The summed E-state index contributed by atoms with van der Waals surface area (Å²) in [6, 6.07) is 7.07. The molecule has 3 heterocycles. The number of amides is 2. The van der Waals surface area contributed by atoms with Crippen LogP contribution in [0.5, 0.6) is 0 Å². The number of nitrogens with zero attached hydrogens (tertiary/aromatic N) is 2. The van der Waals surface area contributed by atoms with E-state index in [2.05, 4.69) is 5.32 Å². The third-order valence-electron chi connectivity index (χ3n) is 5.71. The first-order valence-electron chi connectivity index (χ1n) is 9.64. The molecule has 3 fully saturated rings. The Morgan fingerprint density at radius 1 is 1.39 bits per heavy atom. The first kappa shape index (κ1) is 19.9. The molecule has 9 heteroatoms. The van der Waals surface area contributed by atoms with Crippen LogP contribution in [0.3, 0.4) is 0 Å².